The topological polar surface area (TPSA) is 35.5 Å². The predicted octanol–water partition coefficient (Wildman–Crippen LogP) is 3.99. The fourth-order valence-corrected chi connectivity index (χ4v) is 1.81. The Hall–Kier alpha value is -1.51. The molecule has 0 saturated carbocycles. The van der Waals surface area contributed by atoms with Gasteiger partial charge in [-0.2, -0.15) is 0 Å². The molecule has 1 aromatic rings. The normalized spacial score (nSPS) is 10.3. The molecule has 106 valence electrons. The summed E-state index contributed by atoms with van der Waals surface area (Å²) in [7, 11) is 0. The molecule has 19 heavy (non-hydrogen) atoms. The van der Waals surface area contributed by atoms with E-state index in [4.69, 9.17) is 9.47 Å². The lowest BCUT2D eigenvalue weighted by molar-refractivity contribution is 0.0521. The second kappa shape index (κ2) is 8.57. The molecule has 0 bridgehead atoms. The summed E-state index contributed by atoms with van der Waals surface area (Å²) >= 11 is 0. The van der Waals surface area contributed by atoms with Crippen LogP contribution >= 0.6 is 0 Å². The number of unbranched alkanes of at least 4 members (excludes halogenated alkanes) is 1. The summed E-state index contributed by atoms with van der Waals surface area (Å²) in [5.74, 6) is 0.338. The van der Waals surface area contributed by atoms with Crippen LogP contribution < -0.4 is 4.74 Å². The van der Waals surface area contributed by atoms with Gasteiger partial charge in [0.15, 0.2) is 0 Å². The third kappa shape index (κ3) is 4.93. The molecule has 1 rings (SSSR count). The Morgan fingerprint density at radius 2 is 1.95 bits per heavy atom. The molecule has 1 aromatic carbocycles. The van der Waals surface area contributed by atoms with Gasteiger partial charge in [-0.05, 0) is 43.9 Å². The van der Waals surface area contributed by atoms with Gasteiger partial charge in [-0.25, -0.2) is 4.79 Å². The molecule has 0 amide bonds. The van der Waals surface area contributed by atoms with E-state index in [0.717, 1.165) is 25.7 Å². The lowest BCUT2D eigenvalue weighted by Gasteiger charge is -2.12. The van der Waals surface area contributed by atoms with Gasteiger partial charge in [0.1, 0.15) is 11.3 Å². The fraction of sp³-hybridized carbons (Fsp3) is 0.562. The van der Waals surface area contributed by atoms with E-state index in [1.807, 2.05) is 25.1 Å². The van der Waals surface area contributed by atoms with Gasteiger partial charge in [-0.1, -0.05) is 26.3 Å². The van der Waals surface area contributed by atoms with Crippen molar-refractivity contribution in [3.63, 3.8) is 0 Å². The summed E-state index contributed by atoms with van der Waals surface area (Å²) in [6.07, 6.45) is 4.24. The van der Waals surface area contributed by atoms with Gasteiger partial charge < -0.3 is 9.47 Å². The Balaban J connectivity index is 2.91. The Bertz CT molecular complexity index is 399. The lowest BCUT2D eigenvalue weighted by Crippen LogP contribution is -2.09. The van der Waals surface area contributed by atoms with Crippen LogP contribution in [0.4, 0.5) is 0 Å². The maximum Gasteiger partial charge on any atom is 0.341 e. The number of carbonyl (C=O) groups excluding carboxylic acids is 1. The van der Waals surface area contributed by atoms with Crippen LogP contribution in [0.25, 0.3) is 0 Å². The van der Waals surface area contributed by atoms with E-state index >= 15 is 0 Å². The van der Waals surface area contributed by atoms with E-state index in [-0.39, 0.29) is 5.97 Å². The van der Waals surface area contributed by atoms with Gasteiger partial charge in [0.25, 0.3) is 0 Å². The van der Waals surface area contributed by atoms with Gasteiger partial charge in [-0.3, -0.25) is 0 Å². The smallest absolute Gasteiger partial charge is 0.341 e. The van der Waals surface area contributed by atoms with Gasteiger partial charge in [0.05, 0.1) is 13.2 Å². The number of esters is 1. The summed E-state index contributed by atoms with van der Waals surface area (Å²) in [6, 6.07) is 5.77. The lowest BCUT2D eigenvalue weighted by atomic mass is 10.1. The summed E-state index contributed by atoms with van der Waals surface area (Å²) < 4.78 is 10.7. The number of aryl methyl sites for hydroxylation is 1. The number of hydrogen-bond donors (Lipinski definition) is 0. The standard InChI is InChI=1S/C16H24O3/c1-4-7-8-13-9-10-14(16(17)18-6-3)15(12-13)19-11-5-2/h9-10,12H,4-8,11H2,1-3H3. The van der Waals surface area contributed by atoms with Gasteiger partial charge >= 0.3 is 5.97 Å². The van der Waals surface area contributed by atoms with Gasteiger partial charge in [-0.15, -0.1) is 0 Å². The molecule has 0 aliphatic rings. The minimum absolute atomic E-state index is 0.310. The van der Waals surface area contributed by atoms with Crippen LogP contribution in [0.2, 0.25) is 0 Å². The molecule has 0 aliphatic heterocycles. The maximum absolute atomic E-state index is 11.9. The molecular weight excluding hydrogens is 240 g/mol. The SMILES string of the molecule is CCCCc1ccc(C(=O)OCC)c(OCCC)c1. The van der Waals surface area contributed by atoms with Crippen LogP contribution in [-0.2, 0) is 11.2 Å². The molecule has 0 saturated heterocycles. The Labute approximate surface area is 115 Å². The molecule has 0 spiro atoms. The summed E-state index contributed by atoms with van der Waals surface area (Å²) in [4.78, 5) is 11.9. The molecule has 3 heteroatoms. The number of ether oxygens (including phenoxy) is 2. The van der Waals surface area contributed by atoms with E-state index in [1.54, 1.807) is 6.92 Å². The minimum Gasteiger partial charge on any atom is -0.493 e. The highest BCUT2D eigenvalue weighted by atomic mass is 16.5. The molecule has 0 atom stereocenters. The van der Waals surface area contributed by atoms with E-state index in [0.29, 0.717) is 24.5 Å². The second-order valence-corrected chi connectivity index (χ2v) is 4.50. The van der Waals surface area contributed by atoms with Crippen molar-refractivity contribution in [1.29, 1.82) is 0 Å². The van der Waals surface area contributed by atoms with Crippen molar-refractivity contribution in [2.75, 3.05) is 13.2 Å². The fourth-order valence-electron chi connectivity index (χ4n) is 1.81. The highest BCUT2D eigenvalue weighted by Crippen LogP contribution is 2.23. The molecule has 0 fully saturated rings. The van der Waals surface area contributed by atoms with Crippen molar-refractivity contribution in [1.82, 2.24) is 0 Å². The van der Waals surface area contributed by atoms with Crippen molar-refractivity contribution in [2.24, 2.45) is 0 Å². The van der Waals surface area contributed by atoms with Crippen LogP contribution in [0.5, 0.6) is 5.75 Å². The predicted molar refractivity (Wildman–Crippen MR) is 76.8 cm³/mol. The first kappa shape index (κ1) is 15.5. The maximum atomic E-state index is 11.9. The van der Waals surface area contributed by atoms with Crippen LogP contribution in [0.3, 0.4) is 0 Å². The first-order chi connectivity index (χ1) is 9.22. The zero-order chi connectivity index (χ0) is 14.1. The van der Waals surface area contributed by atoms with E-state index in [2.05, 4.69) is 6.92 Å². The van der Waals surface area contributed by atoms with Crippen molar-refractivity contribution in [3.05, 3.63) is 29.3 Å². The summed E-state index contributed by atoms with van der Waals surface area (Å²) in [6.45, 7) is 7.01. The van der Waals surface area contributed by atoms with Crippen molar-refractivity contribution < 1.29 is 14.3 Å². The Morgan fingerprint density at radius 1 is 1.16 bits per heavy atom. The van der Waals surface area contributed by atoms with Crippen LogP contribution in [0.1, 0.15) is 56.0 Å². The first-order valence-electron chi connectivity index (χ1n) is 7.15. The number of benzene rings is 1. The zero-order valence-electron chi connectivity index (χ0n) is 12.2. The highest BCUT2D eigenvalue weighted by Gasteiger charge is 2.14. The molecule has 0 N–H and O–H groups in total. The third-order valence-electron chi connectivity index (χ3n) is 2.82. The van der Waals surface area contributed by atoms with Crippen molar-refractivity contribution in [2.45, 2.75) is 46.5 Å². The Kier molecular flexibility index (Phi) is 7.01. The molecule has 0 aliphatic carbocycles. The van der Waals surface area contributed by atoms with Crippen LogP contribution in [-0.4, -0.2) is 19.2 Å². The number of rotatable bonds is 8. The molecular formula is C16H24O3. The molecule has 0 heterocycles. The number of carbonyl (C=O) groups is 1. The van der Waals surface area contributed by atoms with Gasteiger partial charge in [0, 0.05) is 0 Å². The molecule has 0 radical (unpaired) electrons. The average molecular weight is 264 g/mol. The van der Waals surface area contributed by atoms with Gasteiger partial charge in [0.2, 0.25) is 0 Å². The van der Waals surface area contributed by atoms with E-state index in [1.165, 1.54) is 5.56 Å². The van der Waals surface area contributed by atoms with Crippen molar-refractivity contribution in [3.8, 4) is 5.75 Å². The Morgan fingerprint density at radius 3 is 2.58 bits per heavy atom. The molecule has 0 unspecified atom stereocenters. The number of hydrogen-bond acceptors (Lipinski definition) is 3. The second-order valence-electron chi connectivity index (χ2n) is 4.50. The van der Waals surface area contributed by atoms with E-state index in [9.17, 15) is 4.79 Å². The molecule has 0 aromatic heterocycles. The van der Waals surface area contributed by atoms with Crippen molar-refractivity contribution >= 4 is 5.97 Å². The van der Waals surface area contributed by atoms with Crippen LogP contribution in [0, 0.1) is 0 Å². The monoisotopic (exact) mass is 264 g/mol. The minimum atomic E-state index is -0.310. The molecule has 3 nitrogen and oxygen atoms in total. The quantitative estimate of drug-likeness (QED) is 0.666. The summed E-state index contributed by atoms with van der Waals surface area (Å²) in [5.41, 5.74) is 1.73. The van der Waals surface area contributed by atoms with Crippen LogP contribution in [0.15, 0.2) is 18.2 Å². The average Bonchev–Trinajstić information content (AvgIpc) is 2.43. The highest BCUT2D eigenvalue weighted by molar-refractivity contribution is 5.92. The first-order valence-corrected chi connectivity index (χ1v) is 7.15. The summed E-state index contributed by atoms with van der Waals surface area (Å²) in [5, 5.41) is 0. The largest absolute Gasteiger partial charge is 0.493 e. The third-order valence-corrected chi connectivity index (χ3v) is 2.82. The zero-order valence-corrected chi connectivity index (χ0v) is 12.2. The van der Waals surface area contributed by atoms with E-state index < -0.39 is 0 Å².